The number of aromatic amines is 1. The highest BCUT2D eigenvalue weighted by atomic mass is 32.2. The quantitative estimate of drug-likeness (QED) is 0.658. The van der Waals surface area contributed by atoms with Gasteiger partial charge < -0.3 is 10.1 Å². The van der Waals surface area contributed by atoms with Crippen molar-refractivity contribution in [1.29, 1.82) is 0 Å². The third-order valence-corrected chi connectivity index (χ3v) is 4.69. The number of carboxylic acid groups (broad SMARTS) is 1. The lowest BCUT2D eigenvalue weighted by atomic mass is 10.0. The molecule has 0 fully saturated rings. The first-order valence-corrected chi connectivity index (χ1v) is 8.53. The molecule has 3 aromatic rings. The Hall–Kier alpha value is -2.78. The minimum Gasteiger partial charge on any atom is -0.477 e. The SMILES string of the molecule is NS(=O)(=O)c1ccc(C(F)F)cc1-c1ccc2[nH]c(C(=O)O)cc2c1. The zero-order valence-corrected chi connectivity index (χ0v) is 13.3. The van der Waals surface area contributed by atoms with E-state index < -0.39 is 22.4 Å². The highest BCUT2D eigenvalue weighted by molar-refractivity contribution is 7.89. The Morgan fingerprint density at radius 3 is 2.44 bits per heavy atom. The lowest BCUT2D eigenvalue weighted by Gasteiger charge is -2.11. The van der Waals surface area contributed by atoms with Crippen molar-refractivity contribution in [3.05, 3.63) is 53.7 Å². The largest absolute Gasteiger partial charge is 0.477 e. The van der Waals surface area contributed by atoms with E-state index in [-0.39, 0.29) is 21.7 Å². The summed E-state index contributed by atoms with van der Waals surface area (Å²) in [4.78, 5) is 13.4. The molecule has 0 aliphatic heterocycles. The summed E-state index contributed by atoms with van der Waals surface area (Å²) in [5.41, 5.74) is 0.488. The maximum atomic E-state index is 13.0. The van der Waals surface area contributed by atoms with Gasteiger partial charge in [0.05, 0.1) is 4.90 Å². The van der Waals surface area contributed by atoms with Crippen LogP contribution in [0.3, 0.4) is 0 Å². The summed E-state index contributed by atoms with van der Waals surface area (Å²) in [5, 5.41) is 14.7. The number of alkyl halides is 2. The van der Waals surface area contributed by atoms with E-state index in [9.17, 15) is 22.0 Å². The van der Waals surface area contributed by atoms with E-state index in [4.69, 9.17) is 10.2 Å². The predicted octanol–water partition coefficient (Wildman–Crippen LogP) is 3.12. The van der Waals surface area contributed by atoms with Gasteiger partial charge in [-0.15, -0.1) is 0 Å². The maximum absolute atomic E-state index is 13.0. The van der Waals surface area contributed by atoms with Crippen LogP contribution >= 0.6 is 0 Å². The highest BCUT2D eigenvalue weighted by Gasteiger charge is 2.19. The molecule has 1 aromatic heterocycles. The maximum Gasteiger partial charge on any atom is 0.352 e. The molecule has 0 amide bonds. The first-order valence-electron chi connectivity index (χ1n) is 6.98. The Morgan fingerprint density at radius 2 is 1.84 bits per heavy atom. The minimum absolute atomic E-state index is 0.0280. The number of rotatable bonds is 4. The highest BCUT2D eigenvalue weighted by Crippen LogP contribution is 2.33. The molecule has 0 radical (unpaired) electrons. The van der Waals surface area contributed by atoms with Gasteiger partial charge in [-0.05, 0) is 35.9 Å². The average molecular weight is 366 g/mol. The van der Waals surface area contributed by atoms with Gasteiger partial charge in [-0.25, -0.2) is 27.1 Å². The number of aromatic nitrogens is 1. The second-order valence-electron chi connectivity index (χ2n) is 5.39. The number of benzene rings is 2. The fraction of sp³-hybridized carbons (Fsp3) is 0.0625. The van der Waals surface area contributed by atoms with Crippen LogP contribution in [0.2, 0.25) is 0 Å². The molecule has 3 rings (SSSR count). The minimum atomic E-state index is -4.13. The van der Waals surface area contributed by atoms with E-state index in [0.717, 1.165) is 18.2 Å². The standard InChI is InChI=1S/C16H12F2N2O4S/c17-15(18)9-2-4-14(25(19,23)24)11(6-9)8-1-3-12-10(5-8)7-13(20-12)16(21)22/h1-7,15,20H,(H,21,22)(H2,19,23,24). The first-order chi connectivity index (χ1) is 11.7. The van der Waals surface area contributed by atoms with E-state index >= 15 is 0 Å². The summed E-state index contributed by atoms with van der Waals surface area (Å²) in [7, 11) is -4.13. The number of hydrogen-bond donors (Lipinski definition) is 3. The molecule has 0 bridgehead atoms. The molecule has 0 aliphatic rings. The molecule has 9 heteroatoms. The number of nitrogens with two attached hydrogens (primary N) is 1. The van der Waals surface area contributed by atoms with Gasteiger partial charge in [0.15, 0.2) is 0 Å². The molecule has 6 nitrogen and oxygen atoms in total. The number of aromatic carboxylic acids is 1. The second-order valence-corrected chi connectivity index (χ2v) is 6.92. The normalized spacial score (nSPS) is 12.0. The molecule has 1 heterocycles. The Labute approximate surface area is 140 Å². The van der Waals surface area contributed by atoms with Crippen LogP contribution in [-0.2, 0) is 10.0 Å². The van der Waals surface area contributed by atoms with Crippen molar-refractivity contribution in [3.63, 3.8) is 0 Å². The first kappa shape index (κ1) is 17.1. The van der Waals surface area contributed by atoms with Crippen molar-refractivity contribution in [1.82, 2.24) is 4.98 Å². The van der Waals surface area contributed by atoms with E-state index in [2.05, 4.69) is 4.98 Å². The molecule has 25 heavy (non-hydrogen) atoms. The predicted molar refractivity (Wildman–Crippen MR) is 87.0 cm³/mol. The van der Waals surface area contributed by atoms with Gasteiger partial charge >= 0.3 is 5.97 Å². The number of primary sulfonamides is 1. The van der Waals surface area contributed by atoms with Crippen LogP contribution in [0.1, 0.15) is 22.5 Å². The van der Waals surface area contributed by atoms with Crippen LogP contribution < -0.4 is 5.14 Å². The molecule has 0 aliphatic carbocycles. The fourth-order valence-corrected chi connectivity index (χ4v) is 3.31. The lowest BCUT2D eigenvalue weighted by molar-refractivity contribution is 0.0691. The van der Waals surface area contributed by atoms with Crippen LogP contribution in [0.25, 0.3) is 22.0 Å². The molecule has 0 saturated carbocycles. The zero-order chi connectivity index (χ0) is 18.4. The summed E-state index contributed by atoms with van der Waals surface area (Å²) < 4.78 is 49.5. The molecule has 2 aromatic carbocycles. The van der Waals surface area contributed by atoms with E-state index in [0.29, 0.717) is 16.5 Å². The smallest absolute Gasteiger partial charge is 0.352 e. The van der Waals surface area contributed by atoms with Gasteiger partial charge in [0.25, 0.3) is 6.43 Å². The van der Waals surface area contributed by atoms with Crippen molar-refractivity contribution in [2.24, 2.45) is 5.14 Å². The molecular formula is C16H12F2N2O4S. The van der Waals surface area contributed by atoms with Gasteiger partial charge in [0, 0.05) is 22.0 Å². The number of nitrogens with one attached hydrogen (secondary N) is 1. The van der Waals surface area contributed by atoms with Crippen molar-refractivity contribution in [3.8, 4) is 11.1 Å². The third-order valence-electron chi connectivity index (χ3n) is 3.72. The van der Waals surface area contributed by atoms with Gasteiger partial charge in [0.2, 0.25) is 10.0 Å². The number of sulfonamides is 1. The second kappa shape index (κ2) is 5.94. The summed E-state index contributed by atoms with van der Waals surface area (Å²) in [6, 6.07) is 9.03. The molecule has 130 valence electrons. The summed E-state index contributed by atoms with van der Waals surface area (Å²) >= 11 is 0. The fourth-order valence-electron chi connectivity index (χ4n) is 2.57. The topological polar surface area (TPSA) is 113 Å². The van der Waals surface area contributed by atoms with Crippen LogP contribution in [0.4, 0.5) is 8.78 Å². The van der Waals surface area contributed by atoms with Gasteiger partial charge in [0.1, 0.15) is 5.69 Å². The van der Waals surface area contributed by atoms with Crippen LogP contribution in [0.5, 0.6) is 0 Å². The molecule has 0 spiro atoms. The lowest BCUT2D eigenvalue weighted by Crippen LogP contribution is -2.13. The van der Waals surface area contributed by atoms with E-state index in [1.807, 2.05) is 0 Å². The number of hydrogen-bond acceptors (Lipinski definition) is 3. The molecule has 4 N–H and O–H groups in total. The van der Waals surface area contributed by atoms with Crippen LogP contribution in [0.15, 0.2) is 47.4 Å². The Bertz CT molecular complexity index is 1090. The van der Waals surface area contributed by atoms with Crippen molar-refractivity contribution >= 4 is 26.9 Å². The van der Waals surface area contributed by atoms with Gasteiger partial charge in [-0.1, -0.05) is 12.1 Å². The van der Waals surface area contributed by atoms with Gasteiger partial charge in [-0.2, -0.15) is 0 Å². The van der Waals surface area contributed by atoms with Crippen molar-refractivity contribution in [2.45, 2.75) is 11.3 Å². The monoisotopic (exact) mass is 366 g/mol. The molecular weight excluding hydrogens is 354 g/mol. The zero-order valence-electron chi connectivity index (χ0n) is 12.5. The number of carbonyl (C=O) groups is 1. The van der Waals surface area contributed by atoms with Crippen LogP contribution in [-0.4, -0.2) is 24.5 Å². The Kier molecular flexibility index (Phi) is 4.05. The molecule has 0 unspecified atom stereocenters. The van der Waals surface area contributed by atoms with Crippen molar-refractivity contribution in [2.75, 3.05) is 0 Å². The van der Waals surface area contributed by atoms with Gasteiger partial charge in [-0.3, -0.25) is 0 Å². The summed E-state index contributed by atoms with van der Waals surface area (Å²) in [5.74, 6) is -1.15. The molecule has 0 atom stereocenters. The van der Waals surface area contributed by atoms with Crippen LogP contribution in [0, 0.1) is 0 Å². The van der Waals surface area contributed by atoms with Crippen molar-refractivity contribution < 1.29 is 27.1 Å². The Morgan fingerprint density at radius 1 is 1.12 bits per heavy atom. The average Bonchev–Trinajstić information content (AvgIpc) is 2.96. The number of fused-ring (bicyclic) bond motifs is 1. The summed E-state index contributed by atoms with van der Waals surface area (Å²) in [6.45, 7) is 0. The molecule has 0 saturated heterocycles. The number of carboxylic acids is 1. The summed E-state index contributed by atoms with van der Waals surface area (Å²) in [6.07, 6.45) is -2.78. The van der Waals surface area contributed by atoms with E-state index in [1.54, 1.807) is 6.07 Å². The third kappa shape index (κ3) is 3.24. The van der Waals surface area contributed by atoms with E-state index in [1.165, 1.54) is 18.2 Å². The number of halogens is 2. The number of H-pyrrole nitrogens is 1. The Balaban J connectivity index is 2.25.